The predicted molar refractivity (Wildman–Crippen MR) is 182 cm³/mol. The van der Waals surface area contributed by atoms with Crippen molar-refractivity contribution in [2.45, 2.75) is 156 Å². The van der Waals surface area contributed by atoms with E-state index in [-0.39, 0.29) is 11.5 Å². The number of aromatic hydroxyl groups is 2. The van der Waals surface area contributed by atoms with Gasteiger partial charge in [0.25, 0.3) is 0 Å². The highest BCUT2D eigenvalue weighted by molar-refractivity contribution is 6.05. The van der Waals surface area contributed by atoms with Crippen LogP contribution in [-0.2, 0) is 0 Å². The van der Waals surface area contributed by atoms with E-state index < -0.39 is 0 Å². The Labute approximate surface area is 257 Å². The highest BCUT2D eigenvalue weighted by atomic mass is 16.3. The van der Waals surface area contributed by atoms with Gasteiger partial charge in [0, 0.05) is 11.1 Å². The third-order valence-corrected chi connectivity index (χ3v) is 8.25. The van der Waals surface area contributed by atoms with Gasteiger partial charge in [0.2, 0.25) is 0 Å². The van der Waals surface area contributed by atoms with Crippen LogP contribution >= 0.6 is 0 Å². The van der Waals surface area contributed by atoms with Gasteiger partial charge in [-0.25, -0.2) is 0 Å². The van der Waals surface area contributed by atoms with Crippen molar-refractivity contribution in [3.8, 4) is 11.5 Å². The Hall–Kier alpha value is -2.62. The van der Waals surface area contributed by atoms with Crippen LogP contribution in [-0.4, -0.2) is 21.6 Å². The van der Waals surface area contributed by atoms with Crippen LogP contribution in [0.4, 0.5) is 0 Å². The van der Waals surface area contributed by atoms with E-state index in [0.717, 1.165) is 72.2 Å². The molecule has 2 N–H and O–H groups in total. The molecule has 2 aromatic carbocycles. The molecular weight excluding hydrogens is 516 g/mol. The van der Waals surface area contributed by atoms with Crippen molar-refractivity contribution in [1.82, 2.24) is 0 Å². The molecule has 0 aliphatic rings. The van der Waals surface area contributed by atoms with Crippen molar-refractivity contribution < 1.29 is 10.2 Å². The first-order valence-corrected chi connectivity index (χ1v) is 17.2. The number of phenols is 2. The maximum absolute atomic E-state index is 10.8. The summed E-state index contributed by atoms with van der Waals surface area (Å²) in [5, 5.41) is 31.1. The van der Waals surface area contributed by atoms with Gasteiger partial charge < -0.3 is 10.2 Å². The Morgan fingerprint density at radius 3 is 1.10 bits per heavy atom. The van der Waals surface area contributed by atoms with Crippen molar-refractivity contribution in [2.24, 2.45) is 10.2 Å². The number of rotatable bonds is 23. The number of phenolic OH excluding ortho intramolecular Hbond substituents is 2. The molecular formula is C38H60N2O2. The van der Waals surface area contributed by atoms with E-state index in [1.165, 1.54) is 89.9 Å². The fourth-order valence-corrected chi connectivity index (χ4v) is 5.58. The molecule has 0 unspecified atom stereocenters. The summed E-state index contributed by atoms with van der Waals surface area (Å²) in [6.45, 7) is 8.50. The third kappa shape index (κ3) is 14.5. The summed E-state index contributed by atoms with van der Waals surface area (Å²) in [7, 11) is 0. The van der Waals surface area contributed by atoms with Crippen LogP contribution in [0.2, 0.25) is 0 Å². The first-order chi connectivity index (χ1) is 20.5. The summed E-state index contributed by atoms with van der Waals surface area (Å²) in [6, 6.07) is 11.6. The highest BCUT2D eigenvalue weighted by Gasteiger charge is 2.13. The third-order valence-electron chi connectivity index (χ3n) is 8.25. The van der Waals surface area contributed by atoms with Gasteiger partial charge in [-0.2, -0.15) is 10.2 Å². The summed E-state index contributed by atoms with van der Waals surface area (Å²) in [5.74, 6) is 0.525. The number of hydrogen-bond donors (Lipinski definition) is 2. The van der Waals surface area contributed by atoms with E-state index in [9.17, 15) is 10.2 Å². The van der Waals surface area contributed by atoms with Crippen LogP contribution in [0.3, 0.4) is 0 Å². The Morgan fingerprint density at radius 1 is 0.476 bits per heavy atom. The zero-order valence-corrected chi connectivity index (χ0v) is 27.4. The van der Waals surface area contributed by atoms with Crippen LogP contribution in [0.5, 0.6) is 11.5 Å². The molecule has 234 valence electrons. The van der Waals surface area contributed by atoms with Crippen LogP contribution in [0.1, 0.15) is 165 Å². The van der Waals surface area contributed by atoms with E-state index in [4.69, 9.17) is 10.2 Å². The zero-order chi connectivity index (χ0) is 30.4. The molecule has 0 radical (unpaired) electrons. The summed E-state index contributed by atoms with van der Waals surface area (Å²) in [5.41, 5.74) is 5.23. The van der Waals surface area contributed by atoms with E-state index in [0.29, 0.717) is 0 Å². The van der Waals surface area contributed by atoms with Gasteiger partial charge in [0.05, 0.1) is 11.4 Å². The second kappa shape index (κ2) is 22.0. The highest BCUT2D eigenvalue weighted by Crippen LogP contribution is 2.25. The molecule has 0 saturated carbocycles. The standard InChI is InChI=1S/C38H60N2O2/c1-5-7-9-11-13-15-17-19-21-23-35(33-27-25-31(3)29-37(33)41)39-40-36(34-28-26-32(4)30-38(34)42)24-22-20-18-16-14-12-10-8-6-2/h25-30,41-42H,5-24H2,1-4H3/b39-35-,40-36-. The molecule has 0 fully saturated rings. The summed E-state index contributed by atoms with van der Waals surface area (Å²) >= 11 is 0. The lowest BCUT2D eigenvalue weighted by molar-refractivity contribution is 0.472. The lowest BCUT2D eigenvalue weighted by atomic mass is 10.00. The first kappa shape index (κ1) is 35.6. The van der Waals surface area contributed by atoms with Gasteiger partial charge in [0.15, 0.2) is 0 Å². The maximum Gasteiger partial charge on any atom is 0.124 e. The SMILES string of the molecule is CCCCCCCCCCC/C(=N/N=C(/CCCCCCCCCCC)c1ccc(C)cc1O)c1ccc(C)cc1O. The topological polar surface area (TPSA) is 65.2 Å². The minimum Gasteiger partial charge on any atom is -0.507 e. The largest absolute Gasteiger partial charge is 0.507 e. The molecule has 0 aromatic heterocycles. The normalized spacial score (nSPS) is 12.3. The summed E-state index contributed by atoms with van der Waals surface area (Å²) in [4.78, 5) is 0. The maximum atomic E-state index is 10.8. The molecule has 0 aliphatic carbocycles. The average Bonchev–Trinajstić information content (AvgIpc) is 2.96. The Bertz CT molecular complexity index is 987. The Kier molecular flexibility index (Phi) is 18.6. The molecule has 42 heavy (non-hydrogen) atoms. The summed E-state index contributed by atoms with van der Waals surface area (Å²) in [6.07, 6.45) is 24.3. The number of benzene rings is 2. The fourth-order valence-electron chi connectivity index (χ4n) is 5.58. The average molecular weight is 577 g/mol. The number of hydrogen-bond acceptors (Lipinski definition) is 4. The number of aryl methyl sites for hydroxylation is 2. The number of nitrogens with zero attached hydrogens (tertiary/aromatic N) is 2. The van der Waals surface area contributed by atoms with Crippen molar-refractivity contribution in [1.29, 1.82) is 0 Å². The van der Waals surface area contributed by atoms with Gasteiger partial charge >= 0.3 is 0 Å². The van der Waals surface area contributed by atoms with Crippen molar-refractivity contribution in [2.75, 3.05) is 0 Å². The van der Waals surface area contributed by atoms with Crippen LogP contribution in [0.25, 0.3) is 0 Å². The lowest BCUT2D eigenvalue weighted by Crippen LogP contribution is -2.05. The monoisotopic (exact) mass is 576 g/mol. The molecule has 2 aromatic rings. The van der Waals surface area contributed by atoms with Crippen molar-refractivity contribution in [3.05, 3.63) is 58.7 Å². The van der Waals surface area contributed by atoms with Crippen molar-refractivity contribution >= 4 is 11.4 Å². The number of unbranched alkanes of at least 4 members (excludes halogenated alkanes) is 16. The molecule has 0 heterocycles. The Morgan fingerprint density at radius 2 is 0.786 bits per heavy atom. The Balaban J connectivity index is 2.12. The zero-order valence-electron chi connectivity index (χ0n) is 27.4. The fraction of sp³-hybridized carbons (Fsp3) is 0.632. The molecule has 0 amide bonds. The van der Waals surface area contributed by atoms with Gasteiger partial charge in [-0.1, -0.05) is 129 Å². The van der Waals surface area contributed by atoms with Gasteiger partial charge in [0.1, 0.15) is 11.5 Å². The quantitative estimate of drug-likeness (QED) is 0.0785. The van der Waals surface area contributed by atoms with E-state index >= 15 is 0 Å². The molecule has 4 heteroatoms. The smallest absolute Gasteiger partial charge is 0.124 e. The minimum atomic E-state index is 0.263. The van der Waals surface area contributed by atoms with E-state index in [1.54, 1.807) is 12.1 Å². The van der Waals surface area contributed by atoms with Gasteiger partial charge in [-0.3, -0.25) is 0 Å². The second-order valence-corrected chi connectivity index (χ2v) is 12.3. The van der Waals surface area contributed by atoms with Crippen LogP contribution in [0.15, 0.2) is 46.6 Å². The van der Waals surface area contributed by atoms with Crippen molar-refractivity contribution in [3.63, 3.8) is 0 Å². The second-order valence-electron chi connectivity index (χ2n) is 12.3. The van der Waals surface area contributed by atoms with Gasteiger partial charge in [-0.05, 0) is 74.9 Å². The van der Waals surface area contributed by atoms with E-state index in [2.05, 4.69) is 13.8 Å². The molecule has 4 nitrogen and oxygen atoms in total. The molecule has 0 spiro atoms. The molecule has 0 aliphatic heterocycles. The molecule has 2 rings (SSSR count). The first-order valence-electron chi connectivity index (χ1n) is 17.2. The van der Waals surface area contributed by atoms with Crippen LogP contribution < -0.4 is 0 Å². The molecule has 0 atom stereocenters. The molecule has 0 saturated heterocycles. The van der Waals surface area contributed by atoms with E-state index in [1.807, 2.05) is 38.1 Å². The van der Waals surface area contributed by atoms with Gasteiger partial charge in [-0.15, -0.1) is 0 Å². The summed E-state index contributed by atoms with van der Waals surface area (Å²) < 4.78 is 0. The predicted octanol–water partition coefficient (Wildman–Crippen LogP) is 11.7. The van der Waals surface area contributed by atoms with Crippen LogP contribution in [0, 0.1) is 13.8 Å². The molecule has 0 bridgehead atoms. The lowest BCUT2D eigenvalue weighted by Gasteiger charge is -2.11. The minimum absolute atomic E-state index is 0.263.